The summed E-state index contributed by atoms with van der Waals surface area (Å²) < 4.78 is 2.08. The fraction of sp³-hybridized carbons (Fsp3) is 0.786. The van der Waals surface area contributed by atoms with Crippen LogP contribution in [0.4, 0.5) is 0 Å². The average molecular weight is 237 g/mol. The Bertz CT molecular complexity index is 306. The third-order valence-corrected chi connectivity index (χ3v) is 3.28. The molecule has 0 aromatic carbocycles. The van der Waals surface area contributed by atoms with Gasteiger partial charge < -0.3 is 5.32 Å². The Hall–Kier alpha value is -0.830. The predicted octanol–water partition coefficient (Wildman–Crippen LogP) is 3.17. The van der Waals surface area contributed by atoms with Crippen molar-refractivity contribution in [3.05, 3.63) is 18.0 Å². The number of hydrogen-bond acceptors (Lipinski definition) is 2. The second-order valence-electron chi connectivity index (χ2n) is 4.94. The first-order valence-electron chi connectivity index (χ1n) is 6.94. The van der Waals surface area contributed by atoms with Crippen molar-refractivity contribution < 1.29 is 0 Å². The van der Waals surface area contributed by atoms with Gasteiger partial charge in [0.15, 0.2) is 0 Å². The monoisotopic (exact) mass is 237 g/mol. The van der Waals surface area contributed by atoms with Crippen LogP contribution in [-0.4, -0.2) is 22.4 Å². The summed E-state index contributed by atoms with van der Waals surface area (Å²) in [6.07, 6.45) is 6.68. The van der Waals surface area contributed by atoms with Gasteiger partial charge in [-0.3, -0.25) is 4.68 Å². The van der Waals surface area contributed by atoms with Crippen molar-refractivity contribution in [3.8, 4) is 0 Å². The first-order chi connectivity index (χ1) is 8.17. The number of aromatic nitrogens is 2. The zero-order chi connectivity index (χ0) is 12.7. The van der Waals surface area contributed by atoms with Gasteiger partial charge in [-0.1, -0.05) is 13.8 Å². The summed E-state index contributed by atoms with van der Waals surface area (Å²) in [5, 5.41) is 8.13. The van der Waals surface area contributed by atoms with Crippen LogP contribution in [-0.2, 0) is 6.42 Å². The van der Waals surface area contributed by atoms with E-state index in [1.807, 2.05) is 0 Å². The molecule has 0 aliphatic heterocycles. The van der Waals surface area contributed by atoms with E-state index < -0.39 is 0 Å². The van der Waals surface area contributed by atoms with E-state index in [1.165, 1.54) is 12.1 Å². The minimum Gasteiger partial charge on any atom is -0.314 e. The molecular weight excluding hydrogens is 210 g/mol. The molecule has 1 aromatic rings. The number of nitrogens with one attached hydrogen (secondary N) is 1. The van der Waals surface area contributed by atoms with Crippen LogP contribution in [0.1, 0.15) is 58.7 Å². The molecule has 1 N–H and O–H groups in total. The third kappa shape index (κ3) is 4.90. The normalized spacial score (nSPS) is 14.8. The van der Waals surface area contributed by atoms with Crippen LogP contribution in [0, 0.1) is 0 Å². The van der Waals surface area contributed by atoms with Gasteiger partial charge in [0, 0.05) is 18.3 Å². The molecule has 0 saturated carbocycles. The van der Waals surface area contributed by atoms with Crippen LogP contribution >= 0.6 is 0 Å². The van der Waals surface area contributed by atoms with Crippen molar-refractivity contribution in [2.45, 2.75) is 65.5 Å². The van der Waals surface area contributed by atoms with E-state index in [0.29, 0.717) is 12.1 Å². The summed E-state index contributed by atoms with van der Waals surface area (Å²) in [4.78, 5) is 0. The second kappa shape index (κ2) is 7.49. The highest BCUT2D eigenvalue weighted by Gasteiger charge is 2.06. The van der Waals surface area contributed by atoms with Crippen LogP contribution in [0.15, 0.2) is 12.3 Å². The smallest absolute Gasteiger partial charge is 0.0625 e. The summed E-state index contributed by atoms with van der Waals surface area (Å²) in [6, 6.07) is 3.25. The molecule has 1 aromatic heterocycles. The standard InChI is InChI=1S/C14H27N3/c1-5-10-15-12(3)7-8-14-9-11-17(16-14)13(4)6-2/h9,11-13,15H,5-8,10H2,1-4H3. The number of nitrogens with zero attached hydrogens (tertiary/aromatic N) is 2. The minimum atomic E-state index is 0.513. The van der Waals surface area contributed by atoms with Crippen LogP contribution in [0.3, 0.4) is 0 Å². The highest BCUT2D eigenvalue weighted by atomic mass is 15.3. The van der Waals surface area contributed by atoms with Crippen molar-refractivity contribution >= 4 is 0 Å². The summed E-state index contributed by atoms with van der Waals surface area (Å²) in [6.45, 7) is 9.97. The van der Waals surface area contributed by atoms with E-state index in [4.69, 9.17) is 0 Å². The molecule has 1 heterocycles. The molecule has 3 heteroatoms. The molecule has 17 heavy (non-hydrogen) atoms. The third-order valence-electron chi connectivity index (χ3n) is 3.28. The lowest BCUT2D eigenvalue weighted by molar-refractivity contribution is 0.468. The van der Waals surface area contributed by atoms with Crippen LogP contribution in [0.25, 0.3) is 0 Å². The zero-order valence-electron chi connectivity index (χ0n) is 11.7. The predicted molar refractivity (Wildman–Crippen MR) is 73.3 cm³/mol. The van der Waals surface area contributed by atoms with E-state index in [9.17, 15) is 0 Å². The van der Waals surface area contributed by atoms with E-state index in [1.54, 1.807) is 0 Å². The first kappa shape index (κ1) is 14.2. The summed E-state index contributed by atoms with van der Waals surface area (Å²) in [5.74, 6) is 0. The van der Waals surface area contributed by atoms with Crippen LogP contribution in [0.5, 0.6) is 0 Å². The minimum absolute atomic E-state index is 0.513. The molecule has 0 fully saturated rings. The van der Waals surface area contributed by atoms with Crippen molar-refractivity contribution in [3.63, 3.8) is 0 Å². The molecule has 1 rings (SSSR count). The zero-order valence-corrected chi connectivity index (χ0v) is 11.7. The molecule has 0 aliphatic carbocycles. The first-order valence-corrected chi connectivity index (χ1v) is 6.94. The van der Waals surface area contributed by atoms with Crippen LogP contribution in [0.2, 0.25) is 0 Å². The van der Waals surface area contributed by atoms with Crippen molar-refractivity contribution in [2.75, 3.05) is 6.54 Å². The van der Waals surface area contributed by atoms with Gasteiger partial charge in [-0.25, -0.2) is 0 Å². The number of rotatable bonds is 8. The summed E-state index contributed by atoms with van der Waals surface area (Å²) in [7, 11) is 0. The van der Waals surface area contributed by atoms with Gasteiger partial charge >= 0.3 is 0 Å². The quantitative estimate of drug-likeness (QED) is 0.752. The Balaban J connectivity index is 2.34. The highest BCUT2D eigenvalue weighted by Crippen LogP contribution is 2.10. The number of hydrogen-bond donors (Lipinski definition) is 1. The van der Waals surface area contributed by atoms with Gasteiger partial charge in [0.25, 0.3) is 0 Å². The lowest BCUT2D eigenvalue weighted by Gasteiger charge is -2.12. The highest BCUT2D eigenvalue weighted by molar-refractivity contribution is 5.00. The molecule has 0 aliphatic rings. The lowest BCUT2D eigenvalue weighted by Crippen LogP contribution is -2.27. The van der Waals surface area contributed by atoms with Gasteiger partial charge in [0.2, 0.25) is 0 Å². The summed E-state index contributed by atoms with van der Waals surface area (Å²) >= 11 is 0. The van der Waals surface area contributed by atoms with Crippen molar-refractivity contribution in [1.29, 1.82) is 0 Å². The fourth-order valence-electron chi connectivity index (χ4n) is 1.80. The maximum atomic E-state index is 4.62. The molecule has 0 saturated heterocycles. The maximum Gasteiger partial charge on any atom is 0.0625 e. The van der Waals surface area contributed by atoms with E-state index in [-0.39, 0.29) is 0 Å². The Kier molecular flexibility index (Phi) is 6.27. The molecular formula is C14H27N3. The van der Waals surface area contributed by atoms with Gasteiger partial charge in [-0.05, 0) is 52.1 Å². The Morgan fingerprint density at radius 1 is 1.35 bits per heavy atom. The lowest BCUT2D eigenvalue weighted by atomic mass is 10.1. The Morgan fingerprint density at radius 3 is 2.76 bits per heavy atom. The molecule has 2 atom stereocenters. The Labute approximate surface area is 106 Å². The van der Waals surface area contributed by atoms with Crippen LogP contribution < -0.4 is 5.32 Å². The molecule has 2 unspecified atom stereocenters. The molecule has 0 radical (unpaired) electrons. The Morgan fingerprint density at radius 2 is 2.12 bits per heavy atom. The largest absolute Gasteiger partial charge is 0.314 e. The van der Waals surface area contributed by atoms with E-state index in [2.05, 4.69) is 55.1 Å². The second-order valence-corrected chi connectivity index (χ2v) is 4.94. The number of aryl methyl sites for hydroxylation is 1. The van der Waals surface area contributed by atoms with Gasteiger partial charge in [-0.15, -0.1) is 0 Å². The molecule has 0 bridgehead atoms. The van der Waals surface area contributed by atoms with Gasteiger partial charge in [-0.2, -0.15) is 5.10 Å². The fourth-order valence-corrected chi connectivity index (χ4v) is 1.80. The average Bonchev–Trinajstić information content (AvgIpc) is 2.81. The van der Waals surface area contributed by atoms with E-state index >= 15 is 0 Å². The summed E-state index contributed by atoms with van der Waals surface area (Å²) in [5.41, 5.74) is 1.22. The molecule has 0 amide bonds. The molecule has 3 nitrogen and oxygen atoms in total. The van der Waals surface area contributed by atoms with Gasteiger partial charge in [0.05, 0.1) is 5.69 Å². The molecule has 98 valence electrons. The topological polar surface area (TPSA) is 29.9 Å². The maximum absolute atomic E-state index is 4.62. The van der Waals surface area contributed by atoms with Crippen molar-refractivity contribution in [2.24, 2.45) is 0 Å². The molecule has 0 spiro atoms. The van der Waals surface area contributed by atoms with Crippen molar-refractivity contribution in [1.82, 2.24) is 15.1 Å². The van der Waals surface area contributed by atoms with Gasteiger partial charge in [0.1, 0.15) is 0 Å². The SMILES string of the molecule is CCCNC(C)CCc1ccn(C(C)CC)n1. The van der Waals surface area contributed by atoms with E-state index in [0.717, 1.165) is 25.8 Å².